The molecule has 27 heavy (non-hydrogen) atoms. The smallest absolute Gasteiger partial charge is 0.295 e. The van der Waals surface area contributed by atoms with Gasteiger partial charge in [-0.2, -0.15) is 0 Å². The Morgan fingerprint density at radius 2 is 1.96 bits per heavy atom. The monoisotopic (exact) mass is 364 g/mol. The van der Waals surface area contributed by atoms with Crippen LogP contribution in [0.15, 0.2) is 48.5 Å². The summed E-state index contributed by atoms with van der Waals surface area (Å²) in [6.45, 7) is 4.73. The molecule has 0 aliphatic heterocycles. The SMILES string of the molecule is CCNC(=O)c1cccc(CNc2cc(C)nc3c([N+](=O)[O-])cccc23)c1. The number of benzene rings is 2. The van der Waals surface area contributed by atoms with E-state index >= 15 is 0 Å². The zero-order valence-electron chi connectivity index (χ0n) is 15.2. The van der Waals surface area contributed by atoms with Crippen molar-refractivity contribution < 1.29 is 9.72 Å². The van der Waals surface area contributed by atoms with Crippen LogP contribution in [-0.4, -0.2) is 22.4 Å². The molecular formula is C20H20N4O3. The van der Waals surface area contributed by atoms with Crippen LogP contribution in [0.2, 0.25) is 0 Å². The Kier molecular flexibility index (Phi) is 5.30. The van der Waals surface area contributed by atoms with Gasteiger partial charge in [0.15, 0.2) is 5.52 Å². The first kappa shape index (κ1) is 18.3. The van der Waals surface area contributed by atoms with Gasteiger partial charge in [0.25, 0.3) is 11.6 Å². The molecule has 7 nitrogen and oxygen atoms in total. The number of aryl methyl sites for hydroxylation is 1. The van der Waals surface area contributed by atoms with Gasteiger partial charge in [0.05, 0.1) is 4.92 Å². The summed E-state index contributed by atoms with van der Waals surface area (Å²) in [5, 5.41) is 18.1. The minimum Gasteiger partial charge on any atom is -0.380 e. The van der Waals surface area contributed by atoms with Crippen LogP contribution in [0.4, 0.5) is 11.4 Å². The van der Waals surface area contributed by atoms with E-state index in [0.29, 0.717) is 35.2 Å². The fourth-order valence-corrected chi connectivity index (χ4v) is 2.94. The quantitative estimate of drug-likeness (QED) is 0.512. The Morgan fingerprint density at radius 1 is 1.19 bits per heavy atom. The number of aromatic nitrogens is 1. The molecule has 0 spiro atoms. The van der Waals surface area contributed by atoms with Gasteiger partial charge < -0.3 is 10.6 Å². The van der Waals surface area contributed by atoms with E-state index < -0.39 is 4.92 Å². The fourth-order valence-electron chi connectivity index (χ4n) is 2.94. The van der Waals surface area contributed by atoms with Gasteiger partial charge in [0.1, 0.15) is 0 Å². The zero-order chi connectivity index (χ0) is 19.4. The number of non-ortho nitro benzene ring substituents is 1. The van der Waals surface area contributed by atoms with Gasteiger partial charge in [0.2, 0.25) is 0 Å². The maximum absolute atomic E-state index is 12.0. The van der Waals surface area contributed by atoms with Crippen LogP contribution >= 0.6 is 0 Å². The van der Waals surface area contributed by atoms with Crippen molar-refractivity contribution in [3.8, 4) is 0 Å². The lowest BCUT2D eigenvalue weighted by atomic mass is 10.1. The number of nitro groups is 1. The normalized spacial score (nSPS) is 10.6. The molecule has 0 bridgehead atoms. The zero-order valence-corrected chi connectivity index (χ0v) is 15.2. The highest BCUT2D eigenvalue weighted by atomic mass is 16.6. The molecule has 0 aliphatic carbocycles. The third-order valence-electron chi connectivity index (χ3n) is 4.15. The Hall–Kier alpha value is -3.48. The van der Waals surface area contributed by atoms with Crippen LogP contribution in [-0.2, 0) is 6.54 Å². The van der Waals surface area contributed by atoms with Crippen LogP contribution in [0, 0.1) is 17.0 Å². The maximum atomic E-state index is 12.0. The van der Waals surface area contributed by atoms with Crippen molar-refractivity contribution in [2.75, 3.05) is 11.9 Å². The minimum atomic E-state index is -0.422. The lowest BCUT2D eigenvalue weighted by molar-refractivity contribution is -0.383. The van der Waals surface area contributed by atoms with Gasteiger partial charge in [0, 0.05) is 41.5 Å². The van der Waals surface area contributed by atoms with E-state index in [9.17, 15) is 14.9 Å². The number of rotatable bonds is 6. The van der Waals surface area contributed by atoms with Crippen LogP contribution in [0.25, 0.3) is 10.9 Å². The van der Waals surface area contributed by atoms with Gasteiger partial charge in [-0.3, -0.25) is 14.9 Å². The molecule has 1 aromatic heterocycles. The summed E-state index contributed by atoms with van der Waals surface area (Å²) < 4.78 is 0. The van der Waals surface area contributed by atoms with Crippen LogP contribution in [0.3, 0.4) is 0 Å². The predicted octanol–water partition coefficient (Wildman–Crippen LogP) is 3.81. The van der Waals surface area contributed by atoms with E-state index in [2.05, 4.69) is 15.6 Å². The summed E-state index contributed by atoms with van der Waals surface area (Å²) in [5.41, 5.74) is 3.34. The number of amides is 1. The van der Waals surface area contributed by atoms with E-state index in [0.717, 1.165) is 11.3 Å². The second kappa shape index (κ2) is 7.82. The predicted molar refractivity (Wildman–Crippen MR) is 105 cm³/mol. The molecule has 3 rings (SSSR count). The Morgan fingerprint density at radius 3 is 2.70 bits per heavy atom. The van der Waals surface area contributed by atoms with Gasteiger partial charge in [-0.05, 0) is 37.6 Å². The van der Waals surface area contributed by atoms with Crippen LogP contribution in [0.5, 0.6) is 0 Å². The fraction of sp³-hybridized carbons (Fsp3) is 0.200. The molecule has 0 atom stereocenters. The molecule has 0 aliphatic rings. The topological polar surface area (TPSA) is 97.2 Å². The number of fused-ring (bicyclic) bond motifs is 1. The molecule has 2 N–H and O–H groups in total. The van der Waals surface area contributed by atoms with Crippen molar-refractivity contribution in [3.05, 3.63) is 75.5 Å². The van der Waals surface area contributed by atoms with Crippen molar-refractivity contribution in [3.63, 3.8) is 0 Å². The first-order valence-corrected chi connectivity index (χ1v) is 8.65. The average Bonchev–Trinajstić information content (AvgIpc) is 2.65. The van der Waals surface area contributed by atoms with Crippen molar-refractivity contribution >= 4 is 28.2 Å². The Bertz CT molecular complexity index is 1020. The van der Waals surface area contributed by atoms with Crippen molar-refractivity contribution in [1.29, 1.82) is 0 Å². The van der Waals surface area contributed by atoms with E-state index in [4.69, 9.17) is 0 Å². The summed E-state index contributed by atoms with van der Waals surface area (Å²) in [5.74, 6) is -0.111. The number of nitro benzene ring substituents is 1. The molecule has 7 heteroatoms. The van der Waals surface area contributed by atoms with E-state index in [-0.39, 0.29) is 11.6 Å². The number of pyridine rings is 1. The van der Waals surface area contributed by atoms with E-state index in [1.807, 2.05) is 37.3 Å². The van der Waals surface area contributed by atoms with Crippen molar-refractivity contribution in [2.45, 2.75) is 20.4 Å². The van der Waals surface area contributed by atoms with Gasteiger partial charge in [-0.1, -0.05) is 24.3 Å². The average molecular weight is 364 g/mol. The largest absolute Gasteiger partial charge is 0.380 e. The molecule has 1 heterocycles. The minimum absolute atomic E-state index is 0.0162. The molecule has 2 aromatic carbocycles. The number of anilines is 1. The molecular weight excluding hydrogens is 344 g/mol. The number of hydrogen-bond donors (Lipinski definition) is 2. The van der Waals surface area contributed by atoms with Gasteiger partial charge in [-0.15, -0.1) is 0 Å². The molecule has 1 amide bonds. The number of nitrogens with zero attached hydrogens (tertiary/aromatic N) is 2. The van der Waals surface area contributed by atoms with Gasteiger partial charge in [-0.25, -0.2) is 4.98 Å². The number of nitrogens with one attached hydrogen (secondary N) is 2. The van der Waals surface area contributed by atoms with Crippen molar-refractivity contribution in [1.82, 2.24) is 10.3 Å². The maximum Gasteiger partial charge on any atom is 0.295 e. The van der Waals surface area contributed by atoms with Crippen molar-refractivity contribution in [2.24, 2.45) is 0 Å². The third kappa shape index (κ3) is 4.03. The third-order valence-corrected chi connectivity index (χ3v) is 4.15. The highest BCUT2D eigenvalue weighted by Gasteiger charge is 2.15. The summed E-state index contributed by atoms with van der Waals surface area (Å²) >= 11 is 0. The molecule has 138 valence electrons. The summed E-state index contributed by atoms with van der Waals surface area (Å²) in [4.78, 5) is 27.2. The molecule has 0 radical (unpaired) electrons. The summed E-state index contributed by atoms with van der Waals surface area (Å²) in [6, 6.07) is 14.1. The molecule has 0 unspecified atom stereocenters. The molecule has 0 fully saturated rings. The summed E-state index contributed by atoms with van der Waals surface area (Å²) in [6.07, 6.45) is 0. The number of carbonyl (C=O) groups excluding carboxylic acids is 1. The van der Waals surface area contributed by atoms with Crippen LogP contribution in [0.1, 0.15) is 28.5 Å². The molecule has 3 aromatic rings. The first-order chi connectivity index (χ1) is 13.0. The lowest BCUT2D eigenvalue weighted by Gasteiger charge is -2.12. The van der Waals surface area contributed by atoms with Crippen LogP contribution < -0.4 is 10.6 Å². The highest BCUT2D eigenvalue weighted by Crippen LogP contribution is 2.30. The highest BCUT2D eigenvalue weighted by molar-refractivity contribution is 5.97. The van der Waals surface area contributed by atoms with E-state index in [1.165, 1.54) is 6.07 Å². The molecule has 0 saturated carbocycles. The second-order valence-corrected chi connectivity index (χ2v) is 6.15. The Labute approximate surface area is 156 Å². The Balaban J connectivity index is 1.90. The number of carbonyl (C=O) groups is 1. The lowest BCUT2D eigenvalue weighted by Crippen LogP contribution is -2.22. The first-order valence-electron chi connectivity index (χ1n) is 8.65. The summed E-state index contributed by atoms with van der Waals surface area (Å²) in [7, 11) is 0. The second-order valence-electron chi connectivity index (χ2n) is 6.15. The molecule has 0 saturated heterocycles. The standard InChI is InChI=1S/C20H20N4O3/c1-3-21-20(25)15-7-4-6-14(11-15)12-22-17-10-13(2)23-19-16(17)8-5-9-18(19)24(26)27/h4-11H,3,12H2,1-2H3,(H,21,25)(H,22,23). The van der Waals surface area contributed by atoms with Gasteiger partial charge >= 0.3 is 0 Å². The van der Waals surface area contributed by atoms with E-state index in [1.54, 1.807) is 19.1 Å². The number of hydrogen-bond acceptors (Lipinski definition) is 5. The number of para-hydroxylation sites is 1.